The van der Waals surface area contributed by atoms with E-state index in [2.05, 4.69) is 11.3 Å². The molecule has 0 fully saturated rings. The summed E-state index contributed by atoms with van der Waals surface area (Å²) in [5.74, 6) is -0.626. The maximum atomic E-state index is 11.3. The number of methoxy groups -OCH3 is 1. The first kappa shape index (κ1) is 14.0. The molecule has 1 rings (SSSR count). The Morgan fingerprint density at radius 2 is 1.94 bits per heavy atom. The number of hydrogen-bond acceptors (Lipinski definition) is 4. The molecule has 96 valence electrons. The predicted octanol–water partition coefficient (Wildman–Crippen LogP) is 2.13. The Morgan fingerprint density at radius 1 is 1.28 bits per heavy atom. The smallest absolute Gasteiger partial charge is 0.337 e. The van der Waals surface area contributed by atoms with Crippen molar-refractivity contribution in [2.45, 2.75) is 12.8 Å². The van der Waals surface area contributed by atoms with Gasteiger partial charge in [0.2, 0.25) is 0 Å². The molecule has 4 heteroatoms. The van der Waals surface area contributed by atoms with Gasteiger partial charge in [-0.15, -0.1) is 0 Å². The van der Waals surface area contributed by atoms with E-state index in [9.17, 15) is 9.59 Å². The second-order valence-electron chi connectivity index (χ2n) is 3.66. The Kier molecular flexibility index (Phi) is 5.64. The molecule has 1 aromatic carbocycles. The van der Waals surface area contributed by atoms with Crippen LogP contribution in [0.1, 0.15) is 22.3 Å². The number of esters is 2. The van der Waals surface area contributed by atoms with E-state index in [-0.39, 0.29) is 18.5 Å². The minimum absolute atomic E-state index is 0.236. The van der Waals surface area contributed by atoms with E-state index in [1.807, 2.05) is 0 Å². The van der Waals surface area contributed by atoms with Gasteiger partial charge in [0.15, 0.2) is 0 Å². The number of rotatable bonds is 6. The molecule has 0 N–H and O–H groups in total. The van der Waals surface area contributed by atoms with E-state index in [0.29, 0.717) is 18.4 Å². The summed E-state index contributed by atoms with van der Waals surface area (Å²) in [7, 11) is 1.34. The standard InChI is InChI=1S/C14H16O4/c1-3-10-18-13(15)9-6-11-4-7-12(8-5-11)14(16)17-2/h3-5,7-8H,1,6,9-10H2,2H3. The van der Waals surface area contributed by atoms with Crippen LogP contribution in [0.2, 0.25) is 0 Å². The van der Waals surface area contributed by atoms with E-state index >= 15 is 0 Å². The van der Waals surface area contributed by atoms with Gasteiger partial charge in [-0.1, -0.05) is 24.8 Å². The van der Waals surface area contributed by atoms with Gasteiger partial charge < -0.3 is 9.47 Å². The van der Waals surface area contributed by atoms with Crippen molar-refractivity contribution in [3.05, 3.63) is 48.0 Å². The summed E-state index contributed by atoms with van der Waals surface area (Å²) in [6.45, 7) is 3.70. The largest absolute Gasteiger partial charge is 0.465 e. The summed E-state index contributed by atoms with van der Waals surface area (Å²) in [4.78, 5) is 22.5. The monoisotopic (exact) mass is 248 g/mol. The maximum Gasteiger partial charge on any atom is 0.337 e. The molecular formula is C14H16O4. The summed E-state index contributed by atoms with van der Waals surface area (Å²) >= 11 is 0. The molecule has 18 heavy (non-hydrogen) atoms. The van der Waals surface area contributed by atoms with Crippen molar-refractivity contribution in [1.29, 1.82) is 0 Å². The van der Waals surface area contributed by atoms with Crippen molar-refractivity contribution in [2.75, 3.05) is 13.7 Å². The lowest BCUT2D eigenvalue weighted by Crippen LogP contribution is -2.06. The Hall–Kier alpha value is -2.10. The number of carbonyl (C=O) groups is 2. The lowest BCUT2D eigenvalue weighted by molar-refractivity contribution is -0.142. The molecule has 0 aliphatic heterocycles. The highest BCUT2D eigenvalue weighted by Gasteiger charge is 2.06. The third-order valence-electron chi connectivity index (χ3n) is 2.36. The zero-order valence-electron chi connectivity index (χ0n) is 10.3. The van der Waals surface area contributed by atoms with E-state index in [0.717, 1.165) is 5.56 Å². The van der Waals surface area contributed by atoms with Crippen LogP contribution in [0, 0.1) is 0 Å². The fourth-order valence-electron chi connectivity index (χ4n) is 1.40. The summed E-state index contributed by atoms with van der Waals surface area (Å²) in [5.41, 5.74) is 1.47. The SMILES string of the molecule is C=CCOC(=O)CCc1ccc(C(=O)OC)cc1. The van der Waals surface area contributed by atoms with Crippen LogP contribution >= 0.6 is 0 Å². The topological polar surface area (TPSA) is 52.6 Å². The molecule has 0 aliphatic carbocycles. The Morgan fingerprint density at radius 3 is 2.50 bits per heavy atom. The minimum atomic E-state index is -0.369. The summed E-state index contributed by atoms with van der Waals surface area (Å²) in [5, 5.41) is 0. The molecule has 0 saturated carbocycles. The zero-order chi connectivity index (χ0) is 13.4. The van der Waals surface area contributed by atoms with Crippen LogP contribution in [0.3, 0.4) is 0 Å². The minimum Gasteiger partial charge on any atom is -0.465 e. The number of hydrogen-bond donors (Lipinski definition) is 0. The maximum absolute atomic E-state index is 11.3. The second-order valence-corrected chi connectivity index (χ2v) is 3.66. The molecule has 0 bridgehead atoms. The van der Waals surface area contributed by atoms with Crippen molar-refractivity contribution in [2.24, 2.45) is 0 Å². The summed E-state index contributed by atoms with van der Waals surface area (Å²) in [6.07, 6.45) is 2.42. The Labute approximate surface area is 106 Å². The molecule has 0 spiro atoms. The molecule has 0 aliphatic rings. The van der Waals surface area contributed by atoms with Gasteiger partial charge in [0.1, 0.15) is 6.61 Å². The van der Waals surface area contributed by atoms with Gasteiger partial charge >= 0.3 is 11.9 Å². The molecule has 0 heterocycles. The van der Waals surface area contributed by atoms with Crippen molar-refractivity contribution in [3.63, 3.8) is 0 Å². The number of aryl methyl sites for hydroxylation is 1. The van der Waals surface area contributed by atoms with Crippen LogP contribution in [0.25, 0.3) is 0 Å². The molecule has 0 radical (unpaired) electrons. The van der Waals surface area contributed by atoms with Gasteiger partial charge in [-0.2, -0.15) is 0 Å². The summed E-state index contributed by atoms with van der Waals surface area (Å²) in [6, 6.07) is 6.95. The van der Waals surface area contributed by atoms with Crippen LogP contribution in [-0.2, 0) is 20.7 Å². The fraction of sp³-hybridized carbons (Fsp3) is 0.286. The zero-order valence-corrected chi connectivity index (χ0v) is 10.3. The molecule has 0 saturated heterocycles. The van der Waals surface area contributed by atoms with E-state index in [1.54, 1.807) is 24.3 Å². The van der Waals surface area contributed by atoms with Gasteiger partial charge in [0.25, 0.3) is 0 Å². The number of ether oxygens (including phenoxy) is 2. The molecule has 1 aromatic rings. The first-order valence-electron chi connectivity index (χ1n) is 5.61. The van der Waals surface area contributed by atoms with E-state index in [1.165, 1.54) is 13.2 Å². The van der Waals surface area contributed by atoms with Crippen molar-refractivity contribution < 1.29 is 19.1 Å². The first-order valence-corrected chi connectivity index (χ1v) is 5.61. The van der Waals surface area contributed by atoms with Gasteiger partial charge in [-0.3, -0.25) is 4.79 Å². The average molecular weight is 248 g/mol. The van der Waals surface area contributed by atoms with E-state index < -0.39 is 0 Å². The predicted molar refractivity (Wildman–Crippen MR) is 67.3 cm³/mol. The highest BCUT2D eigenvalue weighted by Crippen LogP contribution is 2.08. The Balaban J connectivity index is 2.46. The van der Waals surface area contributed by atoms with Crippen LogP contribution in [0.5, 0.6) is 0 Å². The molecule has 4 nitrogen and oxygen atoms in total. The average Bonchev–Trinajstić information content (AvgIpc) is 2.42. The van der Waals surface area contributed by atoms with E-state index in [4.69, 9.17) is 4.74 Å². The lowest BCUT2D eigenvalue weighted by Gasteiger charge is -2.03. The van der Waals surface area contributed by atoms with Crippen molar-refractivity contribution in [1.82, 2.24) is 0 Å². The molecular weight excluding hydrogens is 232 g/mol. The fourth-order valence-corrected chi connectivity index (χ4v) is 1.40. The third kappa shape index (κ3) is 4.41. The van der Waals surface area contributed by atoms with Crippen molar-refractivity contribution in [3.8, 4) is 0 Å². The van der Waals surface area contributed by atoms with Gasteiger partial charge in [-0.25, -0.2) is 4.79 Å². The van der Waals surface area contributed by atoms with Crippen LogP contribution in [0.4, 0.5) is 0 Å². The quantitative estimate of drug-likeness (QED) is 0.571. The lowest BCUT2D eigenvalue weighted by atomic mass is 10.1. The number of benzene rings is 1. The highest BCUT2D eigenvalue weighted by atomic mass is 16.5. The van der Waals surface area contributed by atoms with Gasteiger partial charge in [0.05, 0.1) is 12.7 Å². The molecule has 0 aromatic heterocycles. The number of carbonyl (C=O) groups excluding carboxylic acids is 2. The van der Waals surface area contributed by atoms with Gasteiger partial charge in [-0.05, 0) is 24.1 Å². The van der Waals surface area contributed by atoms with Crippen LogP contribution in [0.15, 0.2) is 36.9 Å². The second kappa shape index (κ2) is 7.27. The highest BCUT2D eigenvalue weighted by molar-refractivity contribution is 5.89. The molecule has 0 atom stereocenters. The van der Waals surface area contributed by atoms with Crippen molar-refractivity contribution >= 4 is 11.9 Å². The van der Waals surface area contributed by atoms with Crippen LogP contribution in [-0.4, -0.2) is 25.7 Å². The molecule has 0 amide bonds. The third-order valence-corrected chi connectivity index (χ3v) is 2.36. The normalized spacial score (nSPS) is 9.61. The Bertz CT molecular complexity index is 420. The molecule has 0 unspecified atom stereocenters. The van der Waals surface area contributed by atoms with Crippen LogP contribution < -0.4 is 0 Å². The summed E-state index contributed by atoms with van der Waals surface area (Å²) < 4.78 is 9.46. The van der Waals surface area contributed by atoms with Gasteiger partial charge in [0, 0.05) is 6.42 Å². The first-order chi connectivity index (χ1) is 8.67.